The number of hydrogen-bond acceptors (Lipinski definition) is 5. The summed E-state index contributed by atoms with van der Waals surface area (Å²) >= 11 is 0. The first-order valence-electron chi connectivity index (χ1n) is 7.98. The first-order chi connectivity index (χ1) is 12.2. The Balaban J connectivity index is 0.000000151. The van der Waals surface area contributed by atoms with E-state index in [1.54, 1.807) is 12.3 Å². The van der Waals surface area contributed by atoms with Gasteiger partial charge in [-0.25, -0.2) is 0 Å². The number of rotatable bonds is 2. The molecular weight excluding hydrogens is 314 g/mol. The molecule has 25 heavy (non-hydrogen) atoms. The van der Waals surface area contributed by atoms with Gasteiger partial charge in [0.05, 0.1) is 11.0 Å². The summed E-state index contributed by atoms with van der Waals surface area (Å²) in [5.41, 5.74) is 8.26. The molecule has 0 aliphatic heterocycles. The van der Waals surface area contributed by atoms with Gasteiger partial charge in [-0.05, 0) is 54.9 Å². The summed E-state index contributed by atoms with van der Waals surface area (Å²) < 4.78 is 0. The SMILES string of the molecule is NCCc1ccc(O)c(O)c1.c1cnc2c(c1)ccc1ncccc12. The molecule has 0 fully saturated rings. The zero-order valence-corrected chi connectivity index (χ0v) is 13.6. The fourth-order valence-corrected chi connectivity index (χ4v) is 2.59. The fraction of sp³-hybridized carbons (Fsp3) is 0.100. The molecule has 5 nitrogen and oxygen atoms in total. The molecule has 2 aromatic heterocycles. The largest absolute Gasteiger partial charge is 0.504 e. The molecule has 126 valence electrons. The number of phenolic OH excluding ortho intramolecular Hbond substituents is 2. The van der Waals surface area contributed by atoms with E-state index in [-0.39, 0.29) is 11.5 Å². The van der Waals surface area contributed by atoms with E-state index >= 15 is 0 Å². The Morgan fingerprint density at radius 1 is 0.840 bits per heavy atom. The number of fused-ring (bicyclic) bond motifs is 3. The quantitative estimate of drug-likeness (QED) is 0.386. The number of aromatic hydroxyl groups is 2. The Labute approximate surface area is 145 Å². The molecule has 4 rings (SSSR count). The number of phenols is 2. The standard InChI is InChI=1S/C12H8N2.C8H11NO2/c1-3-9-5-6-11-10(4-2-7-13-11)12(9)14-8-1;9-4-3-6-1-2-7(10)8(11)5-6/h1-8H;1-2,5,10-11H,3-4,9H2. The highest BCUT2D eigenvalue weighted by Crippen LogP contribution is 2.24. The number of benzene rings is 2. The maximum atomic E-state index is 9.04. The van der Waals surface area contributed by atoms with Gasteiger partial charge in [0.1, 0.15) is 0 Å². The normalized spacial score (nSPS) is 10.4. The van der Waals surface area contributed by atoms with Crippen molar-refractivity contribution < 1.29 is 10.2 Å². The van der Waals surface area contributed by atoms with Crippen LogP contribution in [0.3, 0.4) is 0 Å². The summed E-state index contributed by atoms with van der Waals surface area (Å²) in [7, 11) is 0. The lowest BCUT2D eigenvalue weighted by Crippen LogP contribution is -2.02. The number of pyridine rings is 2. The first kappa shape index (κ1) is 16.7. The molecule has 0 amide bonds. The van der Waals surface area contributed by atoms with Crippen molar-refractivity contribution in [1.82, 2.24) is 9.97 Å². The van der Waals surface area contributed by atoms with Crippen LogP contribution in [0.1, 0.15) is 5.56 Å². The molecule has 0 bridgehead atoms. The van der Waals surface area contributed by atoms with E-state index in [2.05, 4.69) is 28.2 Å². The van der Waals surface area contributed by atoms with Gasteiger partial charge >= 0.3 is 0 Å². The third kappa shape index (κ3) is 3.84. The first-order valence-corrected chi connectivity index (χ1v) is 7.98. The predicted octanol–water partition coefficient (Wildman–Crippen LogP) is 3.38. The van der Waals surface area contributed by atoms with E-state index in [0.29, 0.717) is 13.0 Å². The minimum Gasteiger partial charge on any atom is -0.504 e. The summed E-state index contributed by atoms with van der Waals surface area (Å²) in [6, 6.07) is 16.8. The van der Waals surface area contributed by atoms with Crippen molar-refractivity contribution in [1.29, 1.82) is 0 Å². The van der Waals surface area contributed by atoms with Gasteiger partial charge in [0.15, 0.2) is 11.5 Å². The van der Waals surface area contributed by atoms with Gasteiger partial charge in [0.25, 0.3) is 0 Å². The molecule has 0 spiro atoms. The molecule has 2 heterocycles. The monoisotopic (exact) mass is 333 g/mol. The van der Waals surface area contributed by atoms with Gasteiger partial charge in [-0.3, -0.25) is 9.97 Å². The number of nitrogens with two attached hydrogens (primary N) is 1. The molecule has 0 radical (unpaired) electrons. The van der Waals surface area contributed by atoms with Crippen LogP contribution in [-0.2, 0) is 6.42 Å². The Morgan fingerprint density at radius 3 is 2.44 bits per heavy atom. The van der Waals surface area contributed by atoms with Crippen LogP contribution in [0.25, 0.3) is 21.8 Å². The van der Waals surface area contributed by atoms with Crippen LogP contribution >= 0.6 is 0 Å². The predicted molar refractivity (Wildman–Crippen MR) is 99.6 cm³/mol. The second-order valence-corrected chi connectivity index (χ2v) is 5.57. The average Bonchev–Trinajstić information content (AvgIpc) is 2.65. The highest BCUT2D eigenvalue weighted by Gasteiger charge is 2.00. The molecule has 4 aromatic rings. The zero-order valence-electron chi connectivity index (χ0n) is 13.6. The van der Waals surface area contributed by atoms with Crippen LogP contribution in [0.15, 0.2) is 67.0 Å². The van der Waals surface area contributed by atoms with Gasteiger partial charge in [-0.15, -0.1) is 0 Å². The summed E-state index contributed by atoms with van der Waals surface area (Å²) in [4.78, 5) is 8.66. The highest BCUT2D eigenvalue weighted by molar-refractivity contribution is 6.03. The molecule has 0 saturated carbocycles. The third-order valence-corrected chi connectivity index (χ3v) is 3.83. The second kappa shape index (κ2) is 7.59. The Hall–Kier alpha value is -3.18. The number of hydrogen-bond donors (Lipinski definition) is 3. The number of nitrogens with zero attached hydrogens (tertiary/aromatic N) is 2. The van der Waals surface area contributed by atoms with Crippen molar-refractivity contribution in [3.05, 3.63) is 72.6 Å². The Bertz CT molecular complexity index is 947. The summed E-state index contributed by atoms with van der Waals surface area (Å²) in [5.74, 6) is -0.179. The van der Waals surface area contributed by atoms with Crippen molar-refractivity contribution in [2.24, 2.45) is 5.73 Å². The fourth-order valence-electron chi connectivity index (χ4n) is 2.59. The van der Waals surface area contributed by atoms with Gasteiger partial charge in [0, 0.05) is 23.2 Å². The van der Waals surface area contributed by atoms with E-state index in [0.717, 1.165) is 27.4 Å². The molecule has 0 aliphatic rings. The molecule has 0 unspecified atom stereocenters. The van der Waals surface area contributed by atoms with E-state index in [1.807, 2.05) is 24.4 Å². The van der Waals surface area contributed by atoms with Crippen molar-refractivity contribution in [2.75, 3.05) is 6.54 Å². The summed E-state index contributed by atoms with van der Waals surface area (Å²) in [6.07, 6.45) is 4.33. The lowest BCUT2D eigenvalue weighted by Gasteiger charge is -2.00. The average molecular weight is 333 g/mol. The number of aromatic nitrogens is 2. The maximum absolute atomic E-state index is 9.04. The molecule has 0 atom stereocenters. The van der Waals surface area contributed by atoms with Crippen molar-refractivity contribution >= 4 is 21.8 Å². The van der Waals surface area contributed by atoms with Crippen molar-refractivity contribution in [3.63, 3.8) is 0 Å². The Morgan fingerprint density at radius 2 is 1.64 bits per heavy atom. The maximum Gasteiger partial charge on any atom is 0.157 e. The minimum absolute atomic E-state index is 0.0871. The third-order valence-electron chi connectivity index (χ3n) is 3.83. The van der Waals surface area contributed by atoms with E-state index in [1.165, 1.54) is 12.1 Å². The van der Waals surface area contributed by atoms with Crippen LogP contribution in [-0.4, -0.2) is 26.7 Å². The van der Waals surface area contributed by atoms with Gasteiger partial charge in [-0.2, -0.15) is 0 Å². The summed E-state index contributed by atoms with van der Waals surface area (Å²) in [5, 5.41) is 20.2. The lowest BCUT2D eigenvalue weighted by atomic mass is 10.1. The lowest BCUT2D eigenvalue weighted by molar-refractivity contribution is 0.403. The van der Waals surface area contributed by atoms with Crippen LogP contribution in [0, 0.1) is 0 Å². The van der Waals surface area contributed by atoms with Gasteiger partial charge in [0.2, 0.25) is 0 Å². The molecule has 0 aliphatic carbocycles. The molecule has 0 saturated heterocycles. The van der Waals surface area contributed by atoms with Crippen molar-refractivity contribution in [3.8, 4) is 11.5 Å². The topological polar surface area (TPSA) is 92.3 Å². The van der Waals surface area contributed by atoms with Crippen LogP contribution < -0.4 is 5.73 Å². The smallest absolute Gasteiger partial charge is 0.157 e. The van der Waals surface area contributed by atoms with E-state index < -0.39 is 0 Å². The Kier molecular flexibility index (Phi) is 5.06. The van der Waals surface area contributed by atoms with E-state index in [4.69, 9.17) is 15.9 Å². The highest BCUT2D eigenvalue weighted by atomic mass is 16.3. The molecular formula is C20H19N3O2. The van der Waals surface area contributed by atoms with Crippen molar-refractivity contribution in [2.45, 2.75) is 6.42 Å². The van der Waals surface area contributed by atoms with Crippen LogP contribution in [0.2, 0.25) is 0 Å². The van der Waals surface area contributed by atoms with E-state index in [9.17, 15) is 0 Å². The molecule has 2 aromatic carbocycles. The van der Waals surface area contributed by atoms with Crippen LogP contribution in [0.5, 0.6) is 11.5 Å². The molecule has 5 heteroatoms. The second-order valence-electron chi connectivity index (χ2n) is 5.57. The van der Waals surface area contributed by atoms with Gasteiger partial charge < -0.3 is 15.9 Å². The zero-order chi connectivity index (χ0) is 17.6. The minimum atomic E-state index is -0.0919. The van der Waals surface area contributed by atoms with Crippen LogP contribution in [0.4, 0.5) is 0 Å². The summed E-state index contributed by atoms with van der Waals surface area (Å²) in [6.45, 7) is 0.546. The molecule has 4 N–H and O–H groups in total. The van der Waals surface area contributed by atoms with Gasteiger partial charge in [-0.1, -0.05) is 18.2 Å².